The highest BCUT2D eigenvalue weighted by Crippen LogP contribution is 2.23. The van der Waals surface area contributed by atoms with Crippen LogP contribution in [0.1, 0.15) is 48.8 Å². The van der Waals surface area contributed by atoms with Crippen molar-refractivity contribution in [3.05, 3.63) is 98.4 Å². The number of amides is 2. The Morgan fingerprint density at radius 1 is 0.947 bits per heavy atom. The second kappa shape index (κ2) is 13.9. The van der Waals surface area contributed by atoms with Crippen LogP contribution in [0.25, 0.3) is 0 Å². The number of rotatable bonds is 10. The number of nitrogens with zero attached hydrogens (tertiary/aromatic N) is 1. The largest absolute Gasteiger partial charge is 0.484 e. The standard InChI is InChI=1S/C31H34Br2N2O3/c1-22-18-27(16-17-28(22)33)38-21-30(36)35(20-24-12-14-25(32)15-13-24)29(19-23-8-4-2-5-9-23)31(37)34-26-10-6-3-7-11-26/h2,4-5,8-9,12-18,26,29H,3,6-7,10-11,19-21H2,1H3,(H,34,37). The molecule has 3 aromatic carbocycles. The summed E-state index contributed by atoms with van der Waals surface area (Å²) in [6.45, 7) is 2.13. The highest BCUT2D eigenvalue weighted by molar-refractivity contribution is 9.10. The Labute approximate surface area is 242 Å². The molecule has 1 saturated carbocycles. The maximum Gasteiger partial charge on any atom is 0.261 e. The lowest BCUT2D eigenvalue weighted by atomic mass is 9.94. The molecule has 1 fully saturated rings. The number of carbonyl (C=O) groups is 2. The molecule has 2 amide bonds. The fraction of sp³-hybridized carbons (Fsp3) is 0.355. The second-order valence-corrected chi connectivity index (χ2v) is 11.7. The Morgan fingerprint density at radius 3 is 2.34 bits per heavy atom. The first-order valence-electron chi connectivity index (χ1n) is 13.2. The van der Waals surface area contributed by atoms with Crippen LogP contribution in [0.4, 0.5) is 0 Å². The van der Waals surface area contributed by atoms with Crippen molar-refractivity contribution in [2.45, 2.75) is 64.1 Å². The van der Waals surface area contributed by atoms with E-state index >= 15 is 0 Å². The lowest BCUT2D eigenvalue weighted by Gasteiger charge is -2.33. The predicted molar refractivity (Wildman–Crippen MR) is 158 cm³/mol. The van der Waals surface area contributed by atoms with Gasteiger partial charge in [-0.3, -0.25) is 9.59 Å². The van der Waals surface area contributed by atoms with Gasteiger partial charge in [0.1, 0.15) is 11.8 Å². The second-order valence-electron chi connectivity index (χ2n) is 9.90. The smallest absolute Gasteiger partial charge is 0.261 e. The molecule has 1 N–H and O–H groups in total. The van der Waals surface area contributed by atoms with Gasteiger partial charge in [0, 0.05) is 28.0 Å². The van der Waals surface area contributed by atoms with E-state index < -0.39 is 6.04 Å². The zero-order valence-electron chi connectivity index (χ0n) is 21.7. The van der Waals surface area contributed by atoms with Gasteiger partial charge >= 0.3 is 0 Å². The third-order valence-corrected chi connectivity index (χ3v) is 8.40. The monoisotopic (exact) mass is 640 g/mol. The zero-order chi connectivity index (χ0) is 26.9. The van der Waals surface area contributed by atoms with Gasteiger partial charge in [-0.25, -0.2) is 0 Å². The fourth-order valence-corrected chi connectivity index (χ4v) is 5.33. The van der Waals surface area contributed by atoms with E-state index in [2.05, 4.69) is 37.2 Å². The van der Waals surface area contributed by atoms with Gasteiger partial charge in [-0.15, -0.1) is 0 Å². The van der Waals surface area contributed by atoms with Crippen molar-refractivity contribution in [2.75, 3.05) is 6.61 Å². The van der Waals surface area contributed by atoms with Crippen molar-refractivity contribution in [3.8, 4) is 5.75 Å². The molecule has 0 aliphatic heterocycles. The number of nitrogens with one attached hydrogen (secondary N) is 1. The van der Waals surface area contributed by atoms with Crippen LogP contribution in [0.3, 0.4) is 0 Å². The van der Waals surface area contributed by atoms with Gasteiger partial charge in [-0.2, -0.15) is 0 Å². The van der Waals surface area contributed by atoms with Gasteiger partial charge in [0.25, 0.3) is 5.91 Å². The van der Waals surface area contributed by atoms with E-state index in [1.807, 2.05) is 79.7 Å². The van der Waals surface area contributed by atoms with E-state index in [1.54, 1.807) is 4.90 Å². The van der Waals surface area contributed by atoms with E-state index in [0.29, 0.717) is 18.7 Å². The summed E-state index contributed by atoms with van der Waals surface area (Å²) in [5, 5.41) is 3.27. The van der Waals surface area contributed by atoms with E-state index in [1.165, 1.54) is 6.42 Å². The van der Waals surface area contributed by atoms with Crippen LogP contribution >= 0.6 is 31.9 Å². The quantitative estimate of drug-likeness (QED) is 0.260. The highest BCUT2D eigenvalue weighted by atomic mass is 79.9. The Hall–Kier alpha value is -2.64. The maximum absolute atomic E-state index is 13.8. The minimum atomic E-state index is -0.661. The summed E-state index contributed by atoms with van der Waals surface area (Å²) < 4.78 is 7.86. The van der Waals surface area contributed by atoms with Crippen molar-refractivity contribution >= 4 is 43.7 Å². The molecule has 1 atom stereocenters. The minimum absolute atomic E-state index is 0.106. The lowest BCUT2D eigenvalue weighted by molar-refractivity contribution is -0.143. The van der Waals surface area contributed by atoms with Crippen molar-refractivity contribution in [1.82, 2.24) is 10.2 Å². The molecule has 0 heterocycles. The van der Waals surface area contributed by atoms with Crippen LogP contribution in [0, 0.1) is 6.92 Å². The average Bonchev–Trinajstić information content (AvgIpc) is 2.93. The minimum Gasteiger partial charge on any atom is -0.484 e. The van der Waals surface area contributed by atoms with Crippen molar-refractivity contribution in [1.29, 1.82) is 0 Å². The zero-order valence-corrected chi connectivity index (χ0v) is 24.8. The summed E-state index contributed by atoms with van der Waals surface area (Å²) in [5.74, 6) is 0.285. The Morgan fingerprint density at radius 2 is 1.66 bits per heavy atom. The number of carbonyl (C=O) groups excluding carboxylic acids is 2. The normalized spacial score (nSPS) is 14.5. The van der Waals surface area contributed by atoms with Gasteiger partial charge in [0.2, 0.25) is 5.91 Å². The third kappa shape index (κ3) is 8.18. The summed E-state index contributed by atoms with van der Waals surface area (Å²) in [5.41, 5.74) is 2.98. The summed E-state index contributed by atoms with van der Waals surface area (Å²) in [7, 11) is 0. The summed E-state index contributed by atoms with van der Waals surface area (Å²) in [4.78, 5) is 29.3. The van der Waals surface area contributed by atoms with Gasteiger partial charge in [-0.05, 0) is 66.8 Å². The SMILES string of the molecule is Cc1cc(OCC(=O)N(Cc2ccc(Br)cc2)C(Cc2ccccc2)C(=O)NC2CCCCC2)ccc1Br. The van der Waals surface area contributed by atoms with Gasteiger partial charge < -0.3 is 15.0 Å². The Balaban J connectivity index is 1.60. The lowest BCUT2D eigenvalue weighted by Crippen LogP contribution is -2.53. The van der Waals surface area contributed by atoms with Crippen LogP contribution < -0.4 is 10.1 Å². The number of benzene rings is 3. The van der Waals surface area contributed by atoms with Crippen LogP contribution in [0.5, 0.6) is 5.75 Å². The molecule has 200 valence electrons. The molecule has 1 unspecified atom stereocenters. The first kappa shape index (κ1) is 28.4. The molecule has 0 saturated heterocycles. The van der Waals surface area contributed by atoms with Crippen LogP contribution in [0.2, 0.25) is 0 Å². The molecule has 1 aliphatic rings. The summed E-state index contributed by atoms with van der Waals surface area (Å²) >= 11 is 6.99. The van der Waals surface area contributed by atoms with Crippen LogP contribution in [-0.2, 0) is 22.6 Å². The van der Waals surface area contributed by atoms with Gasteiger partial charge in [-0.1, -0.05) is 93.6 Å². The maximum atomic E-state index is 13.8. The number of hydrogen-bond acceptors (Lipinski definition) is 3. The van der Waals surface area contributed by atoms with Crippen molar-refractivity contribution < 1.29 is 14.3 Å². The number of halogens is 2. The van der Waals surface area contributed by atoms with E-state index in [4.69, 9.17) is 4.74 Å². The van der Waals surface area contributed by atoms with Crippen LogP contribution in [0.15, 0.2) is 81.7 Å². The highest BCUT2D eigenvalue weighted by Gasteiger charge is 2.32. The van der Waals surface area contributed by atoms with E-state index in [-0.39, 0.29) is 24.5 Å². The molecule has 4 rings (SSSR count). The molecule has 0 spiro atoms. The van der Waals surface area contributed by atoms with E-state index in [0.717, 1.165) is 51.3 Å². The fourth-order valence-electron chi connectivity index (χ4n) is 4.82. The Kier molecular flexibility index (Phi) is 10.4. The molecule has 0 bridgehead atoms. The molecule has 5 nitrogen and oxygen atoms in total. The molecule has 1 aliphatic carbocycles. The molecule has 3 aromatic rings. The first-order valence-corrected chi connectivity index (χ1v) is 14.7. The number of aryl methyl sites for hydroxylation is 1. The average molecular weight is 642 g/mol. The van der Waals surface area contributed by atoms with Crippen LogP contribution in [-0.4, -0.2) is 35.4 Å². The number of hydrogen-bond donors (Lipinski definition) is 1. The summed E-state index contributed by atoms with van der Waals surface area (Å²) in [6, 6.07) is 22.9. The molecular weight excluding hydrogens is 608 g/mol. The summed E-state index contributed by atoms with van der Waals surface area (Å²) in [6.07, 6.45) is 5.85. The molecule has 38 heavy (non-hydrogen) atoms. The van der Waals surface area contributed by atoms with Crippen molar-refractivity contribution in [2.24, 2.45) is 0 Å². The van der Waals surface area contributed by atoms with Gasteiger partial charge in [0.05, 0.1) is 0 Å². The Bertz CT molecular complexity index is 1210. The first-order chi connectivity index (χ1) is 18.4. The third-order valence-electron chi connectivity index (χ3n) is 6.98. The van der Waals surface area contributed by atoms with Gasteiger partial charge in [0.15, 0.2) is 6.61 Å². The molecule has 0 aromatic heterocycles. The molecule has 0 radical (unpaired) electrons. The van der Waals surface area contributed by atoms with E-state index in [9.17, 15) is 9.59 Å². The number of ether oxygens (including phenoxy) is 1. The predicted octanol–water partition coefficient (Wildman–Crippen LogP) is 6.99. The molecular formula is C31H34Br2N2O3. The van der Waals surface area contributed by atoms with Crippen molar-refractivity contribution in [3.63, 3.8) is 0 Å². The topological polar surface area (TPSA) is 58.6 Å². The molecule has 7 heteroatoms.